The minimum Gasteiger partial charge on any atom is -0.207 e. The summed E-state index contributed by atoms with van der Waals surface area (Å²) < 4.78 is 13.4. The largest absolute Gasteiger partial charge is 0.207 e. The SMILES string of the molecule is CCC(C)(C)Cc1ccc(Cl)cc1F. The predicted molar refractivity (Wildman–Crippen MR) is 59.2 cm³/mol. The second-order valence-corrected chi connectivity index (χ2v) is 4.87. The van der Waals surface area contributed by atoms with Gasteiger partial charge < -0.3 is 0 Å². The van der Waals surface area contributed by atoms with Crippen molar-refractivity contribution in [2.45, 2.75) is 33.6 Å². The van der Waals surface area contributed by atoms with Gasteiger partial charge >= 0.3 is 0 Å². The molecule has 1 rings (SSSR count). The van der Waals surface area contributed by atoms with Gasteiger partial charge in [-0.1, -0.05) is 44.9 Å². The van der Waals surface area contributed by atoms with E-state index >= 15 is 0 Å². The van der Waals surface area contributed by atoms with Crippen LogP contribution in [-0.4, -0.2) is 0 Å². The molecule has 14 heavy (non-hydrogen) atoms. The van der Waals surface area contributed by atoms with Gasteiger partial charge in [-0.05, 0) is 29.5 Å². The van der Waals surface area contributed by atoms with Gasteiger partial charge in [0.1, 0.15) is 5.82 Å². The molecular formula is C12H16ClF. The Morgan fingerprint density at radius 2 is 2.00 bits per heavy atom. The molecule has 0 aliphatic carbocycles. The van der Waals surface area contributed by atoms with Gasteiger partial charge in [0.15, 0.2) is 0 Å². The summed E-state index contributed by atoms with van der Waals surface area (Å²) in [6.45, 7) is 6.40. The molecular weight excluding hydrogens is 199 g/mol. The van der Waals surface area contributed by atoms with Gasteiger partial charge in [-0.2, -0.15) is 0 Å². The maximum Gasteiger partial charge on any atom is 0.127 e. The highest BCUT2D eigenvalue weighted by molar-refractivity contribution is 6.30. The summed E-state index contributed by atoms with van der Waals surface area (Å²) in [5, 5.41) is 0.459. The lowest BCUT2D eigenvalue weighted by atomic mass is 9.83. The molecule has 0 fully saturated rings. The molecule has 0 nitrogen and oxygen atoms in total. The summed E-state index contributed by atoms with van der Waals surface area (Å²) in [6.07, 6.45) is 1.79. The van der Waals surface area contributed by atoms with E-state index in [2.05, 4.69) is 20.8 Å². The van der Waals surface area contributed by atoms with E-state index < -0.39 is 0 Å². The van der Waals surface area contributed by atoms with Gasteiger partial charge in [0.05, 0.1) is 0 Å². The molecule has 78 valence electrons. The molecule has 0 heterocycles. The van der Waals surface area contributed by atoms with Crippen LogP contribution in [0.2, 0.25) is 5.02 Å². The first-order valence-electron chi connectivity index (χ1n) is 4.88. The monoisotopic (exact) mass is 214 g/mol. The molecule has 2 heteroatoms. The van der Waals surface area contributed by atoms with Crippen molar-refractivity contribution in [2.24, 2.45) is 5.41 Å². The van der Waals surface area contributed by atoms with Crippen LogP contribution in [0.5, 0.6) is 0 Å². The quantitative estimate of drug-likeness (QED) is 0.697. The van der Waals surface area contributed by atoms with Crippen molar-refractivity contribution >= 4 is 11.6 Å². The fourth-order valence-electron chi connectivity index (χ4n) is 1.31. The highest BCUT2D eigenvalue weighted by atomic mass is 35.5. The minimum absolute atomic E-state index is 0.147. The Hall–Kier alpha value is -0.560. The molecule has 0 unspecified atom stereocenters. The Balaban J connectivity index is 2.87. The fraction of sp³-hybridized carbons (Fsp3) is 0.500. The lowest BCUT2D eigenvalue weighted by Gasteiger charge is -2.22. The Labute approximate surface area is 90.1 Å². The van der Waals surface area contributed by atoms with E-state index in [4.69, 9.17) is 11.6 Å². The third kappa shape index (κ3) is 2.98. The molecule has 0 N–H and O–H groups in total. The first kappa shape index (κ1) is 11.5. The third-order valence-corrected chi connectivity index (χ3v) is 2.88. The molecule has 0 aliphatic rings. The van der Waals surface area contributed by atoms with Crippen LogP contribution < -0.4 is 0 Å². The van der Waals surface area contributed by atoms with Gasteiger partial charge in [0, 0.05) is 5.02 Å². The normalized spacial score (nSPS) is 11.8. The van der Waals surface area contributed by atoms with Crippen molar-refractivity contribution < 1.29 is 4.39 Å². The molecule has 0 bridgehead atoms. The highest BCUT2D eigenvalue weighted by Crippen LogP contribution is 2.27. The standard InChI is InChI=1S/C12H16ClF/c1-4-12(2,3)8-9-5-6-10(13)7-11(9)14/h5-7H,4,8H2,1-3H3. The van der Waals surface area contributed by atoms with Crippen molar-refractivity contribution in [3.63, 3.8) is 0 Å². The van der Waals surface area contributed by atoms with E-state index in [1.807, 2.05) is 0 Å². The summed E-state index contributed by atoms with van der Waals surface area (Å²) in [4.78, 5) is 0. The van der Waals surface area contributed by atoms with Crippen molar-refractivity contribution in [3.05, 3.63) is 34.6 Å². The summed E-state index contributed by atoms with van der Waals surface area (Å²) >= 11 is 5.68. The molecule has 0 radical (unpaired) electrons. The van der Waals surface area contributed by atoms with Gasteiger partial charge in [0.25, 0.3) is 0 Å². The second-order valence-electron chi connectivity index (χ2n) is 4.43. The topological polar surface area (TPSA) is 0 Å². The van der Waals surface area contributed by atoms with Crippen LogP contribution in [0.25, 0.3) is 0 Å². The summed E-state index contributed by atoms with van der Waals surface area (Å²) in [5.41, 5.74) is 0.899. The molecule has 0 amide bonds. The molecule has 1 aromatic rings. The van der Waals surface area contributed by atoms with Gasteiger partial charge in [-0.25, -0.2) is 4.39 Å². The Kier molecular flexibility index (Phi) is 3.54. The van der Waals surface area contributed by atoms with E-state index in [9.17, 15) is 4.39 Å². The lowest BCUT2D eigenvalue weighted by molar-refractivity contribution is 0.343. The average Bonchev–Trinajstić information content (AvgIpc) is 2.10. The zero-order valence-corrected chi connectivity index (χ0v) is 9.66. The van der Waals surface area contributed by atoms with Crippen LogP contribution >= 0.6 is 11.6 Å². The highest BCUT2D eigenvalue weighted by Gasteiger charge is 2.17. The lowest BCUT2D eigenvalue weighted by Crippen LogP contribution is -2.14. The molecule has 0 saturated carbocycles. The molecule has 1 aromatic carbocycles. The predicted octanol–water partition coefficient (Wildman–Crippen LogP) is 4.46. The number of benzene rings is 1. The van der Waals surface area contributed by atoms with E-state index in [-0.39, 0.29) is 11.2 Å². The van der Waals surface area contributed by atoms with Crippen LogP contribution in [0.4, 0.5) is 4.39 Å². The van der Waals surface area contributed by atoms with E-state index in [0.29, 0.717) is 5.02 Å². The van der Waals surface area contributed by atoms with Crippen molar-refractivity contribution in [3.8, 4) is 0 Å². The Morgan fingerprint density at radius 1 is 1.36 bits per heavy atom. The zero-order chi connectivity index (χ0) is 10.8. The van der Waals surface area contributed by atoms with Crippen LogP contribution in [-0.2, 0) is 6.42 Å². The third-order valence-electron chi connectivity index (χ3n) is 2.64. The number of hydrogen-bond acceptors (Lipinski definition) is 0. The van der Waals surface area contributed by atoms with Gasteiger partial charge in [0.2, 0.25) is 0 Å². The molecule has 0 aliphatic heterocycles. The minimum atomic E-state index is -0.195. The smallest absolute Gasteiger partial charge is 0.127 e. The maximum absolute atomic E-state index is 13.4. The molecule has 0 saturated heterocycles. The fourth-order valence-corrected chi connectivity index (χ4v) is 1.46. The Bertz CT molecular complexity index is 318. The molecule has 0 spiro atoms. The van der Waals surface area contributed by atoms with Crippen LogP contribution in [0.3, 0.4) is 0 Å². The van der Waals surface area contributed by atoms with Crippen molar-refractivity contribution in [2.75, 3.05) is 0 Å². The van der Waals surface area contributed by atoms with Crippen LogP contribution in [0.15, 0.2) is 18.2 Å². The Morgan fingerprint density at radius 3 is 2.50 bits per heavy atom. The van der Waals surface area contributed by atoms with E-state index in [1.165, 1.54) is 6.07 Å². The van der Waals surface area contributed by atoms with Gasteiger partial charge in [-0.3, -0.25) is 0 Å². The zero-order valence-electron chi connectivity index (χ0n) is 8.90. The second kappa shape index (κ2) is 4.31. The summed E-state index contributed by atoms with van der Waals surface area (Å²) in [6, 6.07) is 4.89. The maximum atomic E-state index is 13.4. The van der Waals surface area contributed by atoms with Crippen LogP contribution in [0.1, 0.15) is 32.8 Å². The summed E-state index contributed by atoms with van der Waals surface area (Å²) in [5.74, 6) is -0.195. The first-order chi connectivity index (χ1) is 6.44. The molecule has 0 aromatic heterocycles. The number of rotatable bonds is 3. The molecule has 0 atom stereocenters. The number of halogens is 2. The van der Waals surface area contributed by atoms with Crippen LogP contribution in [0, 0.1) is 11.2 Å². The van der Waals surface area contributed by atoms with Gasteiger partial charge in [-0.15, -0.1) is 0 Å². The van der Waals surface area contributed by atoms with E-state index in [1.54, 1.807) is 12.1 Å². The van der Waals surface area contributed by atoms with Crippen molar-refractivity contribution in [1.82, 2.24) is 0 Å². The average molecular weight is 215 g/mol. The summed E-state index contributed by atoms with van der Waals surface area (Å²) in [7, 11) is 0. The number of hydrogen-bond donors (Lipinski definition) is 0. The first-order valence-corrected chi connectivity index (χ1v) is 5.26. The van der Waals surface area contributed by atoms with E-state index in [0.717, 1.165) is 18.4 Å². The van der Waals surface area contributed by atoms with Crippen molar-refractivity contribution in [1.29, 1.82) is 0 Å².